The summed E-state index contributed by atoms with van der Waals surface area (Å²) in [6.45, 7) is 1.78. The molecule has 2 aromatic rings. The summed E-state index contributed by atoms with van der Waals surface area (Å²) in [6, 6.07) is 7.36. The molecule has 0 aliphatic rings. The number of oxazole rings is 1. The van der Waals surface area contributed by atoms with Gasteiger partial charge in [-0.3, -0.25) is 4.79 Å². The van der Waals surface area contributed by atoms with Gasteiger partial charge in [0.05, 0.1) is 26.3 Å². The van der Waals surface area contributed by atoms with E-state index in [1.807, 2.05) is 24.3 Å². The molecule has 0 fully saturated rings. The number of aryl methyl sites for hydroxylation is 1. The number of aromatic nitrogens is 1. The van der Waals surface area contributed by atoms with E-state index in [0.29, 0.717) is 17.3 Å². The van der Waals surface area contributed by atoms with Gasteiger partial charge in [-0.25, -0.2) is 4.98 Å². The average Bonchev–Trinajstić information content (AvgIpc) is 2.80. The molecular formula is C14H15NO4. The van der Waals surface area contributed by atoms with E-state index in [4.69, 9.17) is 9.15 Å². The van der Waals surface area contributed by atoms with Crippen molar-refractivity contribution in [2.45, 2.75) is 13.3 Å². The van der Waals surface area contributed by atoms with Crippen LogP contribution in [0.3, 0.4) is 0 Å². The van der Waals surface area contributed by atoms with Gasteiger partial charge < -0.3 is 13.9 Å². The summed E-state index contributed by atoms with van der Waals surface area (Å²) in [4.78, 5) is 15.6. The number of hydrogen-bond acceptors (Lipinski definition) is 5. The normalized spacial score (nSPS) is 10.3. The zero-order valence-corrected chi connectivity index (χ0v) is 11.1. The molecule has 0 saturated carbocycles. The molecule has 0 radical (unpaired) electrons. The second-order valence-electron chi connectivity index (χ2n) is 4.00. The highest BCUT2D eigenvalue weighted by molar-refractivity contribution is 5.72. The van der Waals surface area contributed by atoms with Gasteiger partial charge in [0, 0.05) is 5.56 Å². The Balaban J connectivity index is 2.25. The molecule has 2 rings (SSSR count). The summed E-state index contributed by atoms with van der Waals surface area (Å²) in [5, 5.41) is 0. The van der Waals surface area contributed by atoms with E-state index in [-0.39, 0.29) is 12.4 Å². The maximum atomic E-state index is 11.2. The fourth-order valence-electron chi connectivity index (χ4n) is 1.66. The molecule has 1 heterocycles. The van der Waals surface area contributed by atoms with E-state index in [2.05, 4.69) is 9.72 Å². The number of methoxy groups -OCH3 is 2. The Morgan fingerprint density at radius 2 is 1.95 bits per heavy atom. The molecule has 0 amide bonds. The highest BCUT2D eigenvalue weighted by Gasteiger charge is 2.14. The lowest BCUT2D eigenvalue weighted by Gasteiger charge is -1.99. The number of rotatable bonds is 4. The maximum absolute atomic E-state index is 11.2. The minimum absolute atomic E-state index is 0.113. The van der Waals surface area contributed by atoms with Crippen molar-refractivity contribution in [3.05, 3.63) is 35.7 Å². The largest absolute Gasteiger partial charge is 0.497 e. The number of esters is 1. The van der Waals surface area contributed by atoms with Crippen LogP contribution >= 0.6 is 0 Å². The van der Waals surface area contributed by atoms with Gasteiger partial charge in [-0.15, -0.1) is 0 Å². The summed E-state index contributed by atoms with van der Waals surface area (Å²) in [7, 11) is 2.96. The molecule has 0 bridgehead atoms. The molecule has 0 aliphatic carbocycles. The molecule has 0 spiro atoms. The maximum Gasteiger partial charge on any atom is 0.311 e. The molecule has 5 heteroatoms. The van der Waals surface area contributed by atoms with Crippen LogP contribution in [0, 0.1) is 6.92 Å². The molecule has 0 saturated heterocycles. The predicted molar refractivity (Wildman–Crippen MR) is 68.9 cm³/mol. The second-order valence-corrected chi connectivity index (χ2v) is 4.00. The first-order valence-corrected chi connectivity index (χ1v) is 5.81. The molecule has 0 aliphatic heterocycles. The first kappa shape index (κ1) is 13.1. The van der Waals surface area contributed by atoms with Crippen molar-refractivity contribution in [2.24, 2.45) is 0 Å². The van der Waals surface area contributed by atoms with E-state index in [1.165, 1.54) is 7.11 Å². The lowest BCUT2D eigenvalue weighted by Crippen LogP contribution is -2.05. The molecule has 19 heavy (non-hydrogen) atoms. The van der Waals surface area contributed by atoms with Gasteiger partial charge in [-0.05, 0) is 31.2 Å². The third-order valence-electron chi connectivity index (χ3n) is 2.77. The zero-order valence-electron chi connectivity index (χ0n) is 11.1. The Morgan fingerprint density at radius 1 is 1.26 bits per heavy atom. The van der Waals surface area contributed by atoms with Gasteiger partial charge >= 0.3 is 5.97 Å². The number of ether oxygens (including phenoxy) is 2. The lowest BCUT2D eigenvalue weighted by molar-refractivity contribution is -0.139. The van der Waals surface area contributed by atoms with Gasteiger partial charge in [0.1, 0.15) is 11.5 Å². The van der Waals surface area contributed by atoms with Gasteiger partial charge in [0.15, 0.2) is 0 Å². The van der Waals surface area contributed by atoms with Crippen LogP contribution in [0.4, 0.5) is 0 Å². The van der Waals surface area contributed by atoms with E-state index >= 15 is 0 Å². The van der Waals surface area contributed by atoms with E-state index in [1.54, 1.807) is 14.0 Å². The van der Waals surface area contributed by atoms with E-state index in [9.17, 15) is 4.79 Å². The van der Waals surface area contributed by atoms with Crippen molar-refractivity contribution >= 4 is 5.97 Å². The van der Waals surface area contributed by atoms with Crippen LogP contribution in [0.5, 0.6) is 5.75 Å². The first-order valence-electron chi connectivity index (χ1n) is 5.81. The Bertz CT molecular complexity index is 572. The average molecular weight is 261 g/mol. The topological polar surface area (TPSA) is 61.6 Å². The molecule has 5 nitrogen and oxygen atoms in total. The highest BCUT2D eigenvalue weighted by atomic mass is 16.5. The first-order chi connectivity index (χ1) is 9.13. The molecule has 1 aromatic carbocycles. The van der Waals surface area contributed by atoms with Crippen molar-refractivity contribution < 1.29 is 18.7 Å². The minimum Gasteiger partial charge on any atom is -0.497 e. The van der Waals surface area contributed by atoms with Gasteiger partial charge in [-0.1, -0.05) is 0 Å². The summed E-state index contributed by atoms with van der Waals surface area (Å²) in [5.74, 6) is 1.54. The SMILES string of the molecule is COC(=O)Cc1nc(-c2ccc(OC)cc2)oc1C. The number of carbonyl (C=O) groups excluding carboxylic acids is 1. The fourth-order valence-corrected chi connectivity index (χ4v) is 1.66. The zero-order chi connectivity index (χ0) is 13.8. The minimum atomic E-state index is -0.335. The number of carbonyl (C=O) groups is 1. The number of nitrogens with zero attached hydrogens (tertiary/aromatic N) is 1. The van der Waals surface area contributed by atoms with Crippen molar-refractivity contribution in [1.29, 1.82) is 0 Å². The van der Waals surface area contributed by atoms with Crippen molar-refractivity contribution in [3.8, 4) is 17.2 Å². The molecule has 0 unspecified atom stereocenters. The van der Waals surface area contributed by atoms with Crippen LogP contribution in [0.2, 0.25) is 0 Å². The van der Waals surface area contributed by atoms with Crippen molar-refractivity contribution in [3.63, 3.8) is 0 Å². The Morgan fingerprint density at radius 3 is 2.53 bits per heavy atom. The van der Waals surface area contributed by atoms with Gasteiger partial charge in [-0.2, -0.15) is 0 Å². The lowest BCUT2D eigenvalue weighted by atomic mass is 10.2. The quantitative estimate of drug-likeness (QED) is 0.791. The third-order valence-corrected chi connectivity index (χ3v) is 2.77. The Kier molecular flexibility index (Phi) is 3.85. The Hall–Kier alpha value is -2.30. The molecular weight excluding hydrogens is 246 g/mol. The number of hydrogen-bond donors (Lipinski definition) is 0. The smallest absolute Gasteiger partial charge is 0.311 e. The van der Waals surface area contributed by atoms with Crippen molar-refractivity contribution in [1.82, 2.24) is 4.98 Å². The van der Waals surface area contributed by atoms with Crippen LogP contribution in [0.15, 0.2) is 28.7 Å². The standard InChI is InChI=1S/C14H15NO4/c1-9-12(8-13(16)18-3)15-14(19-9)10-4-6-11(17-2)7-5-10/h4-7H,8H2,1-3H3. The Labute approximate surface area is 111 Å². The van der Waals surface area contributed by atoms with Crippen LogP contribution in [0.1, 0.15) is 11.5 Å². The highest BCUT2D eigenvalue weighted by Crippen LogP contribution is 2.24. The molecule has 100 valence electrons. The molecule has 1 aromatic heterocycles. The van der Waals surface area contributed by atoms with Crippen LogP contribution in [-0.4, -0.2) is 25.2 Å². The summed E-state index contributed by atoms with van der Waals surface area (Å²) in [5.41, 5.74) is 1.43. The van der Waals surface area contributed by atoms with Crippen LogP contribution < -0.4 is 4.74 Å². The fraction of sp³-hybridized carbons (Fsp3) is 0.286. The molecule has 0 atom stereocenters. The number of benzene rings is 1. The van der Waals surface area contributed by atoms with Gasteiger partial charge in [0.25, 0.3) is 0 Å². The third kappa shape index (κ3) is 2.93. The van der Waals surface area contributed by atoms with Crippen LogP contribution in [-0.2, 0) is 16.0 Å². The van der Waals surface area contributed by atoms with E-state index in [0.717, 1.165) is 11.3 Å². The van der Waals surface area contributed by atoms with Gasteiger partial charge in [0.2, 0.25) is 5.89 Å². The predicted octanol–water partition coefficient (Wildman–Crippen LogP) is 2.37. The summed E-state index contributed by atoms with van der Waals surface area (Å²) in [6.07, 6.45) is 0.113. The summed E-state index contributed by atoms with van der Waals surface area (Å²) < 4.78 is 15.3. The monoisotopic (exact) mass is 261 g/mol. The van der Waals surface area contributed by atoms with Crippen LogP contribution in [0.25, 0.3) is 11.5 Å². The van der Waals surface area contributed by atoms with E-state index < -0.39 is 0 Å². The molecule has 0 N–H and O–H groups in total. The summed E-state index contributed by atoms with van der Waals surface area (Å²) >= 11 is 0. The van der Waals surface area contributed by atoms with Crippen molar-refractivity contribution in [2.75, 3.05) is 14.2 Å². The second kappa shape index (κ2) is 5.56.